The third-order valence-electron chi connectivity index (χ3n) is 4.19. The Morgan fingerprint density at radius 3 is 2.66 bits per heavy atom. The zero-order chi connectivity index (χ0) is 20.4. The first-order valence-corrected chi connectivity index (χ1v) is 8.55. The maximum absolute atomic E-state index is 12.9. The van der Waals surface area contributed by atoms with E-state index in [0.717, 1.165) is 17.7 Å². The van der Waals surface area contributed by atoms with Crippen molar-refractivity contribution in [2.75, 3.05) is 5.32 Å². The smallest absolute Gasteiger partial charge is 0.353 e. The molecule has 144 valence electrons. The topological polar surface area (TPSA) is 63.8 Å². The molecule has 0 aliphatic carbocycles. The number of hydrogen-bond acceptors (Lipinski definition) is 5. The summed E-state index contributed by atoms with van der Waals surface area (Å²) in [7, 11) is 0. The Bertz CT molecular complexity index is 1240. The van der Waals surface area contributed by atoms with Gasteiger partial charge in [-0.3, -0.25) is 0 Å². The largest absolute Gasteiger partial charge is 0.416 e. The molecule has 0 radical (unpaired) electrons. The van der Waals surface area contributed by atoms with Gasteiger partial charge in [-0.2, -0.15) is 18.3 Å². The van der Waals surface area contributed by atoms with Gasteiger partial charge in [0.1, 0.15) is 5.69 Å². The predicted molar refractivity (Wildman–Crippen MR) is 101 cm³/mol. The number of anilines is 2. The lowest BCUT2D eigenvalue weighted by molar-refractivity contribution is -0.137. The van der Waals surface area contributed by atoms with Crippen molar-refractivity contribution in [3.05, 3.63) is 77.1 Å². The fourth-order valence-electron chi connectivity index (χ4n) is 2.75. The lowest BCUT2D eigenvalue weighted by atomic mass is 10.1. The van der Waals surface area contributed by atoms with Crippen LogP contribution in [0.5, 0.6) is 0 Å². The standard InChI is InChI=1S/C21H13F3N4O/c1-13-7-9-18-19(17(13)10-8-15-6-3-11-25-27-15)29-28-20(18)26-16-5-2-4-14(12-16)21(22,23)24/h2-7,9,11-12H,1H3,(H,26,28). The van der Waals surface area contributed by atoms with Gasteiger partial charge >= 0.3 is 6.18 Å². The van der Waals surface area contributed by atoms with Gasteiger partial charge in [0.2, 0.25) is 0 Å². The number of aryl methyl sites for hydroxylation is 1. The van der Waals surface area contributed by atoms with Gasteiger partial charge in [0, 0.05) is 11.9 Å². The Morgan fingerprint density at radius 1 is 1.03 bits per heavy atom. The molecule has 0 aliphatic heterocycles. The normalized spacial score (nSPS) is 11.2. The van der Waals surface area contributed by atoms with Crippen LogP contribution in [0.2, 0.25) is 0 Å². The second kappa shape index (κ2) is 7.28. The van der Waals surface area contributed by atoms with Gasteiger partial charge in [-0.25, -0.2) is 0 Å². The molecule has 4 aromatic rings. The van der Waals surface area contributed by atoms with Crippen LogP contribution in [0.3, 0.4) is 0 Å². The van der Waals surface area contributed by atoms with Crippen LogP contribution in [-0.4, -0.2) is 15.4 Å². The molecule has 0 spiro atoms. The van der Waals surface area contributed by atoms with Crippen molar-refractivity contribution < 1.29 is 17.7 Å². The van der Waals surface area contributed by atoms with Gasteiger partial charge < -0.3 is 9.84 Å². The van der Waals surface area contributed by atoms with Crippen LogP contribution in [0.25, 0.3) is 11.0 Å². The van der Waals surface area contributed by atoms with Crippen molar-refractivity contribution in [2.45, 2.75) is 13.1 Å². The molecule has 1 N–H and O–H groups in total. The van der Waals surface area contributed by atoms with E-state index in [4.69, 9.17) is 4.52 Å². The molecule has 0 unspecified atom stereocenters. The second-order valence-electron chi connectivity index (χ2n) is 6.23. The highest BCUT2D eigenvalue weighted by Crippen LogP contribution is 2.33. The molecule has 2 aromatic carbocycles. The third-order valence-corrected chi connectivity index (χ3v) is 4.19. The van der Waals surface area contributed by atoms with Crippen molar-refractivity contribution in [3.8, 4) is 11.8 Å². The number of nitrogens with one attached hydrogen (secondary N) is 1. The van der Waals surface area contributed by atoms with Gasteiger partial charge in [-0.05, 0) is 54.8 Å². The van der Waals surface area contributed by atoms with E-state index in [0.29, 0.717) is 28.0 Å². The zero-order valence-electron chi connectivity index (χ0n) is 15.1. The molecular formula is C21H13F3N4O. The van der Waals surface area contributed by atoms with Crippen molar-refractivity contribution in [1.29, 1.82) is 0 Å². The van der Waals surface area contributed by atoms with Gasteiger partial charge in [0.15, 0.2) is 11.4 Å². The van der Waals surface area contributed by atoms with Crippen LogP contribution in [0.15, 0.2) is 59.3 Å². The molecular weight excluding hydrogens is 381 g/mol. The van der Waals surface area contributed by atoms with E-state index in [1.54, 1.807) is 24.4 Å². The number of halogens is 3. The molecule has 4 rings (SSSR count). The van der Waals surface area contributed by atoms with Crippen LogP contribution < -0.4 is 5.32 Å². The van der Waals surface area contributed by atoms with Crippen molar-refractivity contribution in [2.24, 2.45) is 0 Å². The van der Waals surface area contributed by atoms with Gasteiger partial charge in [-0.15, -0.1) is 5.10 Å². The summed E-state index contributed by atoms with van der Waals surface area (Å²) in [6.07, 6.45) is -2.87. The first-order valence-electron chi connectivity index (χ1n) is 8.55. The number of benzene rings is 2. The summed E-state index contributed by atoms with van der Waals surface area (Å²) in [5, 5.41) is 15.2. The van der Waals surface area contributed by atoms with Crippen LogP contribution in [0, 0.1) is 18.8 Å². The molecule has 8 heteroatoms. The highest BCUT2D eigenvalue weighted by molar-refractivity contribution is 5.94. The summed E-state index contributed by atoms with van der Waals surface area (Å²) in [6.45, 7) is 1.88. The number of aromatic nitrogens is 3. The van der Waals surface area contributed by atoms with Crippen LogP contribution in [0.4, 0.5) is 24.7 Å². The minimum absolute atomic E-state index is 0.253. The Balaban J connectivity index is 1.71. The molecule has 0 aliphatic rings. The highest BCUT2D eigenvalue weighted by Gasteiger charge is 2.30. The molecule has 0 amide bonds. The van der Waals surface area contributed by atoms with Crippen molar-refractivity contribution in [3.63, 3.8) is 0 Å². The van der Waals surface area contributed by atoms with E-state index in [1.807, 2.05) is 13.0 Å². The predicted octanol–water partition coefficient (Wildman–Crippen LogP) is 5.09. The van der Waals surface area contributed by atoms with E-state index in [2.05, 4.69) is 32.5 Å². The zero-order valence-corrected chi connectivity index (χ0v) is 15.1. The van der Waals surface area contributed by atoms with E-state index < -0.39 is 11.7 Å². The summed E-state index contributed by atoms with van der Waals surface area (Å²) in [5.74, 6) is 6.24. The molecule has 29 heavy (non-hydrogen) atoms. The van der Waals surface area contributed by atoms with Crippen LogP contribution >= 0.6 is 0 Å². The third kappa shape index (κ3) is 3.89. The number of fused-ring (bicyclic) bond motifs is 1. The molecule has 2 aromatic heterocycles. The minimum atomic E-state index is -4.43. The number of hydrogen-bond donors (Lipinski definition) is 1. The van der Waals surface area contributed by atoms with E-state index in [9.17, 15) is 13.2 Å². The average Bonchev–Trinajstić information content (AvgIpc) is 3.10. The summed E-state index contributed by atoms with van der Waals surface area (Å²) in [4.78, 5) is 0. The Morgan fingerprint density at radius 2 is 1.90 bits per heavy atom. The van der Waals surface area contributed by atoms with Gasteiger partial charge in [-0.1, -0.05) is 23.2 Å². The Labute approximate surface area is 163 Å². The maximum Gasteiger partial charge on any atom is 0.416 e. The van der Waals surface area contributed by atoms with Crippen molar-refractivity contribution >= 4 is 22.5 Å². The Hall–Kier alpha value is -3.86. The maximum atomic E-state index is 12.9. The quantitative estimate of drug-likeness (QED) is 0.480. The molecule has 5 nitrogen and oxygen atoms in total. The van der Waals surface area contributed by atoms with E-state index in [-0.39, 0.29) is 5.69 Å². The summed E-state index contributed by atoms with van der Waals surface area (Å²) in [5.41, 5.74) is 1.94. The average molecular weight is 394 g/mol. The van der Waals surface area contributed by atoms with Gasteiger partial charge in [0.25, 0.3) is 0 Å². The molecule has 0 saturated heterocycles. The van der Waals surface area contributed by atoms with Crippen molar-refractivity contribution in [1.82, 2.24) is 15.4 Å². The fraction of sp³-hybridized carbons (Fsp3) is 0.0952. The number of alkyl halides is 3. The lowest BCUT2D eigenvalue weighted by Crippen LogP contribution is -2.05. The number of nitrogens with zero attached hydrogens (tertiary/aromatic N) is 3. The van der Waals surface area contributed by atoms with E-state index in [1.165, 1.54) is 12.1 Å². The minimum Gasteiger partial charge on any atom is -0.353 e. The summed E-state index contributed by atoms with van der Waals surface area (Å²) < 4.78 is 44.3. The summed E-state index contributed by atoms with van der Waals surface area (Å²) in [6, 6.07) is 12.0. The molecule has 0 bridgehead atoms. The molecule has 2 heterocycles. The van der Waals surface area contributed by atoms with Crippen LogP contribution in [-0.2, 0) is 6.18 Å². The molecule has 0 atom stereocenters. The lowest BCUT2D eigenvalue weighted by Gasteiger charge is -2.09. The van der Waals surface area contributed by atoms with Crippen LogP contribution in [0.1, 0.15) is 22.4 Å². The summed E-state index contributed by atoms with van der Waals surface area (Å²) >= 11 is 0. The monoisotopic (exact) mass is 394 g/mol. The second-order valence-corrected chi connectivity index (χ2v) is 6.23. The Kier molecular flexibility index (Phi) is 4.64. The fourth-order valence-corrected chi connectivity index (χ4v) is 2.75. The van der Waals surface area contributed by atoms with Gasteiger partial charge in [0.05, 0.1) is 16.5 Å². The first kappa shape index (κ1) is 18.5. The van der Waals surface area contributed by atoms with E-state index >= 15 is 0 Å². The number of rotatable bonds is 2. The molecule has 0 fully saturated rings. The first-order chi connectivity index (χ1) is 13.9. The highest BCUT2D eigenvalue weighted by atomic mass is 19.4. The SMILES string of the molecule is Cc1ccc2c(Nc3cccc(C(F)(F)F)c3)noc2c1C#Cc1cccnn1. The molecule has 0 saturated carbocycles.